The third-order valence-corrected chi connectivity index (χ3v) is 2.01. The second-order valence-corrected chi connectivity index (χ2v) is 3.07. The zero-order chi connectivity index (χ0) is 11.4. The Hall–Kier alpha value is -1.75. The fraction of sp³-hybridized carbons (Fsp3) is 0.111. The number of carboxylic acids is 1. The van der Waals surface area contributed by atoms with Crippen LogP contribution >= 0.6 is 11.6 Å². The number of halogens is 1. The lowest BCUT2D eigenvalue weighted by molar-refractivity contribution is -0.255. The second-order valence-electron chi connectivity index (χ2n) is 2.67. The molecule has 0 fully saturated rings. The SMILES string of the molecule is CON=Cc1cc(C(=O)[O-])cc(Cl)c1N. The molecule has 0 aliphatic rings. The number of hydrogen-bond acceptors (Lipinski definition) is 5. The van der Waals surface area contributed by atoms with Crippen molar-refractivity contribution in [2.45, 2.75) is 0 Å². The molecule has 0 atom stereocenters. The van der Waals surface area contributed by atoms with E-state index in [2.05, 4.69) is 9.99 Å². The molecule has 0 saturated heterocycles. The van der Waals surface area contributed by atoms with Crippen LogP contribution in [0.1, 0.15) is 15.9 Å². The van der Waals surface area contributed by atoms with Gasteiger partial charge in [-0.3, -0.25) is 0 Å². The molecule has 6 heteroatoms. The molecule has 15 heavy (non-hydrogen) atoms. The lowest BCUT2D eigenvalue weighted by atomic mass is 10.1. The van der Waals surface area contributed by atoms with Gasteiger partial charge in [-0.25, -0.2) is 0 Å². The van der Waals surface area contributed by atoms with Crippen LogP contribution in [0.5, 0.6) is 0 Å². The highest BCUT2D eigenvalue weighted by molar-refractivity contribution is 6.34. The van der Waals surface area contributed by atoms with Crippen LogP contribution in [0.2, 0.25) is 5.02 Å². The Balaban J connectivity index is 3.24. The van der Waals surface area contributed by atoms with Gasteiger partial charge in [0.1, 0.15) is 7.11 Å². The molecule has 0 heterocycles. The van der Waals surface area contributed by atoms with Crippen molar-refractivity contribution in [3.8, 4) is 0 Å². The number of anilines is 1. The molecular weight excluding hydrogens is 220 g/mol. The minimum atomic E-state index is -1.33. The number of nitrogens with zero attached hydrogens (tertiary/aromatic N) is 1. The first-order chi connectivity index (χ1) is 7.06. The zero-order valence-electron chi connectivity index (χ0n) is 7.86. The van der Waals surface area contributed by atoms with Crippen molar-refractivity contribution < 1.29 is 14.7 Å². The molecule has 0 aliphatic heterocycles. The van der Waals surface area contributed by atoms with E-state index in [0.29, 0.717) is 5.56 Å². The third kappa shape index (κ3) is 2.60. The van der Waals surface area contributed by atoms with Gasteiger partial charge in [0.25, 0.3) is 0 Å². The number of benzene rings is 1. The second kappa shape index (κ2) is 4.65. The number of carbonyl (C=O) groups is 1. The number of carbonyl (C=O) groups excluding carboxylic acids is 1. The summed E-state index contributed by atoms with van der Waals surface area (Å²) in [5.41, 5.74) is 6.14. The normalized spacial score (nSPS) is 10.5. The van der Waals surface area contributed by atoms with Crippen LogP contribution in [0.3, 0.4) is 0 Å². The minimum Gasteiger partial charge on any atom is -0.545 e. The highest BCUT2D eigenvalue weighted by Crippen LogP contribution is 2.23. The first-order valence-electron chi connectivity index (χ1n) is 3.93. The van der Waals surface area contributed by atoms with Crippen LogP contribution in [0.4, 0.5) is 5.69 Å². The van der Waals surface area contributed by atoms with E-state index in [4.69, 9.17) is 17.3 Å². The topological polar surface area (TPSA) is 87.7 Å². The molecule has 2 N–H and O–H groups in total. The van der Waals surface area contributed by atoms with Gasteiger partial charge < -0.3 is 20.5 Å². The molecule has 0 radical (unpaired) electrons. The molecule has 1 aromatic carbocycles. The maximum Gasteiger partial charge on any atom is 0.106 e. The van der Waals surface area contributed by atoms with Crippen molar-refractivity contribution >= 4 is 29.5 Å². The largest absolute Gasteiger partial charge is 0.545 e. The van der Waals surface area contributed by atoms with Gasteiger partial charge in [0, 0.05) is 5.56 Å². The molecule has 1 aromatic rings. The van der Waals surface area contributed by atoms with E-state index in [0.717, 1.165) is 0 Å². The molecule has 0 unspecified atom stereocenters. The number of nitrogen functional groups attached to an aromatic ring is 1. The predicted molar refractivity (Wildman–Crippen MR) is 54.8 cm³/mol. The number of oxime groups is 1. The van der Waals surface area contributed by atoms with E-state index in [-0.39, 0.29) is 16.3 Å². The van der Waals surface area contributed by atoms with Gasteiger partial charge in [-0.2, -0.15) is 0 Å². The molecule has 0 bridgehead atoms. The molecule has 0 saturated carbocycles. The van der Waals surface area contributed by atoms with Gasteiger partial charge in [0.2, 0.25) is 0 Å². The van der Waals surface area contributed by atoms with Crippen LogP contribution in [0, 0.1) is 0 Å². The highest BCUT2D eigenvalue weighted by atomic mass is 35.5. The van der Waals surface area contributed by atoms with Crippen molar-refractivity contribution in [1.82, 2.24) is 0 Å². The highest BCUT2D eigenvalue weighted by Gasteiger charge is 2.05. The third-order valence-electron chi connectivity index (χ3n) is 1.69. The van der Waals surface area contributed by atoms with E-state index in [1.54, 1.807) is 0 Å². The average Bonchev–Trinajstić information content (AvgIpc) is 2.19. The number of hydrogen-bond donors (Lipinski definition) is 1. The molecule has 0 aromatic heterocycles. The van der Waals surface area contributed by atoms with E-state index in [1.807, 2.05) is 0 Å². The fourth-order valence-electron chi connectivity index (χ4n) is 0.973. The summed E-state index contributed by atoms with van der Waals surface area (Å²) in [4.78, 5) is 15.1. The smallest absolute Gasteiger partial charge is 0.106 e. The molecule has 0 aliphatic carbocycles. The molecule has 0 amide bonds. The average molecular weight is 228 g/mol. The molecular formula is C9H8ClN2O3-. The molecule has 0 spiro atoms. The molecule has 80 valence electrons. The Kier molecular flexibility index (Phi) is 3.51. The summed E-state index contributed by atoms with van der Waals surface area (Å²) < 4.78 is 0. The van der Waals surface area contributed by atoms with Gasteiger partial charge in [-0.15, -0.1) is 0 Å². The van der Waals surface area contributed by atoms with Crippen molar-refractivity contribution in [2.24, 2.45) is 5.16 Å². The first-order valence-corrected chi connectivity index (χ1v) is 4.31. The van der Waals surface area contributed by atoms with Crippen LogP contribution < -0.4 is 10.8 Å². The Bertz CT molecular complexity index is 418. The summed E-state index contributed by atoms with van der Waals surface area (Å²) in [5.74, 6) is -1.33. The van der Waals surface area contributed by atoms with Crippen molar-refractivity contribution in [3.63, 3.8) is 0 Å². The molecule has 5 nitrogen and oxygen atoms in total. The van der Waals surface area contributed by atoms with Crippen molar-refractivity contribution in [1.29, 1.82) is 0 Å². The summed E-state index contributed by atoms with van der Waals surface area (Å²) in [6, 6.07) is 2.52. The van der Waals surface area contributed by atoms with Gasteiger partial charge >= 0.3 is 0 Å². The monoisotopic (exact) mass is 227 g/mol. The van der Waals surface area contributed by atoms with Crippen LogP contribution in [-0.4, -0.2) is 19.3 Å². The number of carboxylic acid groups (broad SMARTS) is 1. The quantitative estimate of drug-likeness (QED) is 0.456. The summed E-state index contributed by atoms with van der Waals surface area (Å²) >= 11 is 5.72. The van der Waals surface area contributed by atoms with E-state index in [9.17, 15) is 9.90 Å². The van der Waals surface area contributed by atoms with Crippen molar-refractivity contribution in [2.75, 3.05) is 12.8 Å². The summed E-state index contributed by atoms with van der Waals surface area (Å²) in [6.07, 6.45) is 1.27. The van der Waals surface area contributed by atoms with E-state index < -0.39 is 5.97 Å². The predicted octanol–water partition coefficient (Wildman–Crippen LogP) is 0.266. The van der Waals surface area contributed by atoms with Gasteiger partial charge in [0.05, 0.1) is 22.9 Å². The zero-order valence-corrected chi connectivity index (χ0v) is 8.62. The standard InChI is InChI=1S/C9H9ClN2O3/c1-15-12-4-6-2-5(9(13)14)3-7(10)8(6)11/h2-4H,11H2,1H3,(H,13,14)/p-1. The van der Waals surface area contributed by atoms with Crippen LogP contribution in [0.25, 0.3) is 0 Å². The van der Waals surface area contributed by atoms with Gasteiger partial charge in [-0.05, 0) is 17.7 Å². The summed E-state index contributed by atoms with van der Waals surface area (Å²) in [6.45, 7) is 0. The van der Waals surface area contributed by atoms with E-state index >= 15 is 0 Å². The number of aromatic carboxylic acids is 1. The van der Waals surface area contributed by atoms with Crippen LogP contribution in [-0.2, 0) is 4.84 Å². The number of rotatable bonds is 3. The fourth-order valence-corrected chi connectivity index (χ4v) is 1.20. The minimum absolute atomic E-state index is 0.0632. The van der Waals surface area contributed by atoms with Crippen LogP contribution in [0.15, 0.2) is 17.3 Å². The van der Waals surface area contributed by atoms with Gasteiger partial charge in [0.15, 0.2) is 0 Å². The Morgan fingerprint density at radius 3 is 2.87 bits per heavy atom. The Morgan fingerprint density at radius 1 is 1.67 bits per heavy atom. The van der Waals surface area contributed by atoms with Gasteiger partial charge in [-0.1, -0.05) is 16.8 Å². The molecule has 1 rings (SSSR count). The maximum atomic E-state index is 10.6. The Labute approximate surface area is 91.1 Å². The first kappa shape index (κ1) is 11.3. The van der Waals surface area contributed by atoms with Crippen molar-refractivity contribution in [3.05, 3.63) is 28.3 Å². The lowest BCUT2D eigenvalue weighted by Gasteiger charge is -2.07. The lowest BCUT2D eigenvalue weighted by Crippen LogP contribution is -2.22. The summed E-state index contributed by atoms with van der Waals surface area (Å²) in [5, 5.41) is 14.2. The number of nitrogens with two attached hydrogens (primary N) is 1. The summed E-state index contributed by atoms with van der Waals surface area (Å²) in [7, 11) is 1.36. The maximum absolute atomic E-state index is 10.6. The Morgan fingerprint density at radius 2 is 2.33 bits per heavy atom. The van der Waals surface area contributed by atoms with E-state index in [1.165, 1.54) is 25.5 Å².